The van der Waals surface area contributed by atoms with Gasteiger partial charge in [-0.25, -0.2) is 0 Å². The summed E-state index contributed by atoms with van der Waals surface area (Å²) < 4.78 is 0. The number of aliphatic carboxylic acids is 2. The van der Waals surface area contributed by atoms with Crippen LogP contribution in [-0.4, -0.2) is 124 Å². The molecule has 11 N–H and O–H groups in total. The second-order valence-electron chi connectivity index (χ2n) is 26.4. The van der Waals surface area contributed by atoms with Gasteiger partial charge in [-0.3, -0.25) is 33.6 Å². The van der Waals surface area contributed by atoms with Crippen molar-refractivity contribution in [3.63, 3.8) is 0 Å². The van der Waals surface area contributed by atoms with Gasteiger partial charge < -0.3 is 62.0 Å². The highest BCUT2D eigenvalue weighted by molar-refractivity contribution is 5.78. The maximum absolute atomic E-state index is 11.3. The van der Waals surface area contributed by atoms with E-state index in [1.54, 1.807) is 19.1 Å². The van der Waals surface area contributed by atoms with Crippen molar-refractivity contribution < 1.29 is 69.0 Å². The number of carbonyl (C=O) groups is 8. The molecule has 5 aromatic rings. The smallest absolute Gasteiger partial charge is 0.307 e. The lowest BCUT2D eigenvalue weighted by Crippen LogP contribution is -2.24. The van der Waals surface area contributed by atoms with Crippen molar-refractivity contribution in [1.29, 1.82) is 0 Å². The summed E-state index contributed by atoms with van der Waals surface area (Å²) >= 11 is 0. The maximum atomic E-state index is 11.3. The van der Waals surface area contributed by atoms with Gasteiger partial charge in [-0.2, -0.15) is 0 Å². The van der Waals surface area contributed by atoms with E-state index in [9.17, 15) is 53.7 Å². The minimum absolute atomic E-state index is 0. The quantitative estimate of drug-likeness (QED) is 0.0191. The first-order chi connectivity index (χ1) is 46.6. The predicted molar refractivity (Wildman–Crippen MR) is 381 cm³/mol. The first-order valence-electron chi connectivity index (χ1n) is 34.8. The molecule has 19 nitrogen and oxygen atoms in total. The van der Waals surface area contributed by atoms with Crippen LogP contribution < -0.4 is 26.6 Å². The SMILES string of the molecule is C.CCC(=O)NC[C@@H]1C[C@H]1c1cccc(C)c1CC(=O)O.CCC(=O)NC[C@@H]1C[C@H]1c1cccc(C)c1CC=O.CCC(=O)NC[C@@H]1C[C@H]1c1cccc(C)c1CCO.CCC(=O)NC[C@@H]1C[C@H]1c1cccc(O)c1CC(=O)O.CCC(=O)NC[C@@H]1C[C@H]1c1cccc(O)c1CCO. The third-order valence-electron chi connectivity index (χ3n) is 19.4. The zero-order valence-corrected chi connectivity index (χ0v) is 58.0. The average molecular weight is 1350 g/mol. The number of aromatic hydroxyl groups is 2. The van der Waals surface area contributed by atoms with Crippen molar-refractivity contribution in [3.8, 4) is 11.5 Å². The van der Waals surface area contributed by atoms with E-state index in [2.05, 4.69) is 76.8 Å². The van der Waals surface area contributed by atoms with Crippen LogP contribution in [0.4, 0.5) is 0 Å². The molecule has 0 bridgehead atoms. The number of carboxylic acids is 2. The topological polar surface area (TPSA) is 318 Å². The average Bonchev–Trinajstić information content (AvgIpc) is 1.66. The van der Waals surface area contributed by atoms with Crippen LogP contribution in [0.1, 0.15) is 208 Å². The number of phenols is 2. The van der Waals surface area contributed by atoms with Gasteiger partial charge in [0.05, 0.1) is 12.8 Å². The molecule has 5 saturated carbocycles. The molecule has 0 unspecified atom stereocenters. The fraction of sp³-hybridized carbons (Fsp3) is 0.519. The van der Waals surface area contributed by atoms with E-state index in [1.807, 2.05) is 71.0 Å². The third kappa shape index (κ3) is 24.5. The summed E-state index contributed by atoms with van der Waals surface area (Å²) in [6.45, 7) is 19.1. The van der Waals surface area contributed by atoms with E-state index in [4.69, 9.17) is 15.3 Å². The van der Waals surface area contributed by atoms with Crippen molar-refractivity contribution in [3.05, 3.63) is 163 Å². The molecule has 98 heavy (non-hydrogen) atoms. The molecular weight excluding hydrogens is 1240 g/mol. The summed E-state index contributed by atoms with van der Waals surface area (Å²) in [7, 11) is 0. The Balaban J connectivity index is 0.000000221. The summed E-state index contributed by atoms with van der Waals surface area (Å²) in [4.78, 5) is 88.9. The van der Waals surface area contributed by atoms with Crippen LogP contribution in [0.15, 0.2) is 91.0 Å². The van der Waals surface area contributed by atoms with Crippen LogP contribution in [0.25, 0.3) is 0 Å². The number of phenolic OH excluding ortho intramolecular Hbond substituents is 2. The molecule has 5 aliphatic carbocycles. The minimum Gasteiger partial charge on any atom is -0.508 e. The molecule has 0 radical (unpaired) electrons. The molecule has 5 fully saturated rings. The number of benzene rings is 5. The van der Waals surface area contributed by atoms with Crippen LogP contribution in [0, 0.1) is 50.4 Å². The number of hydrogen-bond acceptors (Lipinski definition) is 12. The number of nitrogens with one attached hydrogen (secondary N) is 5. The van der Waals surface area contributed by atoms with Crippen molar-refractivity contribution in [2.24, 2.45) is 29.6 Å². The zero-order chi connectivity index (χ0) is 70.9. The Morgan fingerprint density at radius 2 is 0.643 bits per heavy atom. The largest absolute Gasteiger partial charge is 0.508 e. The monoisotopic (exact) mass is 1350 g/mol. The van der Waals surface area contributed by atoms with Gasteiger partial charge in [-0.1, -0.05) is 121 Å². The first-order valence-corrected chi connectivity index (χ1v) is 34.8. The van der Waals surface area contributed by atoms with E-state index in [0.717, 1.165) is 91.3 Å². The Morgan fingerprint density at radius 3 is 0.959 bits per heavy atom. The van der Waals surface area contributed by atoms with Crippen molar-refractivity contribution in [2.75, 3.05) is 45.9 Å². The van der Waals surface area contributed by atoms with Crippen molar-refractivity contribution >= 4 is 47.8 Å². The number of carbonyl (C=O) groups excluding carboxylic acids is 6. The van der Waals surface area contributed by atoms with E-state index in [0.29, 0.717) is 123 Å². The van der Waals surface area contributed by atoms with Crippen LogP contribution in [0.3, 0.4) is 0 Å². The van der Waals surface area contributed by atoms with Crippen LogP contribution >= 0.6 is 0 Å². The normalized spacial score (nSPS) is 20.6. The minimum atomic E-state index is -0.954. The first kappa shape index (κ1) is 80.3. The van der Waals surface area contributed by atoms with Crippen LogP contribution in [0.2, 0.25) is 0 Å². The Hall–Kier alpha value is -8.42. The van der Waals surface area contributed by atoms with E-state index in [-0.39, 0.29) is 80.4 Å². The third-order valence-corrected chi connectivity index (χ3v) is 19.4. The lowest BCUT2D eigenvalue weighted by molar-refractivity contribution is -0.137. The molecule has 5 aromatic carbocycles. The lowest BCUT2D eigenvalue weighted by atomic mass is 9.95. The van der Waals surface area contributed by atoms with Gasteiger partial charge in [0.25, 0.3) is 0 Å². The molecule has 534 valence electrons. The molecule has 0 saturated heterocycles. The van der Waals surface area contributed by atoms with Gasteiger partial charge in [0.2, 0.25) is 29.5 Å². The highest BCUT2D eigenvalue weighted by Gasteiger charge is 2.43. The summed E-state index contributed by atoms with van der Waals surface area (Å²) in [5.41, 5.74) is 14.0. The number of aldehydes is 1. The van der Waals surface area contributed by atoms with Gasteiger partial charge in [0, 0.05) is 90.0 Å². The van der Waals surface area contributed by atoms with Gasteiger partial charge in [0.1, 0.15) is 17.8 Å². The van der Waals surface area contributed by atoms with Gasteiger partial charge in [-0.15, -0.1) is 0 Å². The number of hydrogen-bond donors (Lipinski definition) is 11. The number of amides is 5. The summed E-state index contributed by atoms with van der Waals surface area (Å²) in [6.07, 6.45) is 10.4. The molecule has 0 heterocycles. The van der Waals surface area contributed by atoms with Gasteiger partial charge in [0.15, 0.2) is 0 Å². The van der Waals surface area contributed by atoms with Crippen molar-refractivity contribution in [1.82, 2.24) is 26.6 Å². The number of rotatable bonds is 30. The van der Waals surface area contributed by atoms with E-state index < -0.39 is 11.9 Å². The highest BCUT2D eigenvalue weighted by Crippen LogP contribution is 2.52. The summed E-state index contributed by atoms with van der Waals surface area (Å²) in [5.74, 6) is 3.37. The summed E-state index contributed by atoms with van der Waals surface area (Å²) in [5, 5.41) is 70.5. The lowest BCUT2D eigenvalue weighted by Gasteiger charge is -2.12. The van der Waals surface area contributed by atoms with E-state index >= 15 is 0 Å². The Labute approximate surface area is 579 Å². The molecule has 10 atom stereocenters. The molecule has 0 aromatic heterocycles. The fourth-order valence-electron chi connectivity index (χ4n) is 13.2. The Bertz CT molecular complexity index is 3320. The molecule has 0 aliphatic heterocycles. The fourth-order valence-corrected chi connectivity index (χ4v) is 13.2. The molecular formula is C79H109N5O14. The van der Waals surface area contributed by atoms with E-state index in [1.165, 1.54) is 39.4 Å². The Morgan fingerprint density at radius 1 is 0.388 bits per heavy atom. The molecule has 5 amide bonds. The van der Waals surface area contributed by atoms with Gasteiger partial charge >= 0.3 is 11.9 Å². The second kappa shape index (κ2) is 39.8. The molecule has 5 aliphatic rings. The molecule has 19 heteroatoms. The Kier molecular flexibility index (Phi) is 32.6. The number of carboxylic acid groups (broad SMARTS) is 2. The highest BCUT2D eigenvalue weighted by atomic mass is 16.4. The predicted octanol–water partition coefficient (Wildman–Crippen LogP) is 10.6. The number of aliphatic hydroxyl groups is 2. The number of aryl methyl sites for hydroxylation is 3. The van der Waals surface area contributed by atoms with Crippen molar-refractivity contribution in [2.45, 2.75) is 189 Å². The zero-order valence-electron chi connectivity index (χ0n) is 58.0. The van der Waals surface area contributed by atoms with Crippen LogP contribution in [0.5, 0.6) is 11.5 Å². The van der Waals surface area contributed by atoms with Crippen LogP contribution in [-0.2, 0) is 70.5 Å². The standard InChI is InChI=1S/C16H21NO3.C16H23NO2.C16H21NO2.C15H19NO4.C15H21NO3.CH4/c1-3-15(18)17-9-11-7-14(11)12-6-4-5-10(2)13(12)8-16(19)20;2*1-3-16(19)17-10-12-9-15(12)14-6-4-5-11(2)13(14)7-8-18;1-2-14(18)16-8-9-6-11(9)10-4-3-5-13(17)12(10)7-15(19)20;1-2-15(19)16-9-10-8-13(10)11-4-3-5-14(18)12(11)6-7-17;/h4-6,11,14H,3,7-9H2,1-2H3,(H,17,18)(H,19,20);4-6,12,15,18H,3,7-10H2,1-2H3,(H,17,19);4-6,8,12,15H,3,7,9-10H2,1-2H3,(H,17,19);3-5,9,11,17H,2,6-8H2,1H3,(H,16,18)(H,19,20);3-5,10,13,17-18H,2,6-9H2,1H3,(H,16,19);1H4/t11-,14+;2*12-,15+;9-,11+;10-,13+;/m00000./s1. The number of aliphatic hydroxyl groups excluding tert-OH is 2. The summed E-state index contributed by atoms with van der Waals surface area (Å²) in [6, 6.07) is 29.2. The second-order valence-corrected chi connectivity index (χ2v) is 26.4. The maximum Gasteiger partial charge on any atom is 0.307 e. The molecule has 0 spiro atoms. The molecule has 10 rings (SSSR count). The van der Waals surface area contributed by atoms with Gasteiger partial charge in [-0.05, 0) is 204 Å².